The number of nitrogens with two attached hydrogens (primary N) is 1. The monoisotopic (exact) mass is 254 g/mol. The number of fused-ring (bicyclic) bond motifs is 1. The Bertz CT molecular complexity index is 617. The van der Waals surface area contributed by atoms with Crippen molar-refractivity contribution in [3.63, 3.8) is 0 Å². The third-order valence-electron chi connectivity index (χ3n) is 3.93. The number of carbonyl (C=O) groups is 1. The molecule has 0 bridgehead atoms. The number of hydrogen-bond acceptors (Lipinski definition) is 3. The van der Waals surface area contributed by atoms with Crippen molar-refractivity contribution in [3.05, 3.63) is 42.1 Å². The van der Waals surface area contributed by atoms with Crippen LogP contribution in [0.15, 0.2) is 36.4 Å². The molecular formula is C16H18N2O. The average molecular weight is 254 g/mol. The van der Waals surface area contributed by atoms with Crippen LogP contribution >= 0.6 is 0 Å². The van der Waals surface area contributed by atoms with Crippen LogP contribution in [0.3, 0.4) is 0 Å². The summed E-state index contributed by atoms with van der Waals surface area (Å²) >= 11 is 0. The third kappa shape index (κ3) is 2.66. The number of ketones is 1. The molecule has 1 aromatic carbocycles. The van der Waals surface area contributed by atoms with E-state index in [1.54, 1.807) is 0 Å². The second-order valence-corrected chi connectivity index (χ2v) is 5.60. The minimum absolute atomic E-state index is 0.199. The van der Waals surface area contributed by atoms with Gasteiger partial charge < -0.3 is 5.73 Å². The highest BCUT2D eigenvalue weighted by atomic mass is 16.1. The molecule has 0 unspecified atom stereocenters. The standard InChI is InChI=1S/C16H18N2O/c17-16(8-3-9-16)11-14(19)10-13-7-6-12-4-1-2-5-15(12)18-13/h1-2,4-7H,3,8-11,17H2. The number of Topliss-reactive ketones (excluding diaryl/α,β-unsaturated/α-hetero) is 1. The van der Waals surface area contributed by atoms with Gasteiger partial charge in [0.25, 0.3) is 0 Å². The first-order valence-corrected chi connectivity index (χ1v) is 6.80. The molecule has 1 saturated carbocycles. The Morgan fingerprint density at radius 3 is 2.74 bits per heavy atom. The molecule has 1 heterocycles. The Hall–Kier alpha value is -1.74. The summed E-state index contributed by atoms with van der Waals surface area (Å²) in [7, 11) is 0. The maximum atomic E-state index is 12.0. The van der Waals surface area contributed by atoms with Crippen molar-refractivity contribution in [2.75, 3.05) is 0 Å². The molecule has 19 heavy (non-hydrogen) atoms. The number of rotatable bonds is 4. The number of pyridine rings is 1. The van der Waals surface area contributed by atoms with Crippen LogP contribution in [-0.2, 0) is 11.2 Å². The normalized spacial score (nSPS) is 17.1. The number of aromatic nitrogens is 1. The lowest BCUT2D eigenvalue weighted by Gasteiger charge is -2.37. The molecule has 0 aliphatic heterocycles. The molecule has 2 N–H and O–H groups in total. The van der Waals surface area contributed by atoms with Gasteiger partial charge in [-0.05, 0) is 31.4 Å². The summed E-state index contributed by atoms with van der Waals surface area (Å²) < 4.78 is 0. The van der Waals surface area contributed by atoms with Gasteiger partial charge in [-0.15, -0.1) is 0 Å². The van der Waals surface area contributed by atoms with E-state index < -0.39 is 0 Å². The molecule has 3 heteroatoms. The smallest absolute Gasteiger partial charge is 0.140 e. The third-order valence-corrected chi connectivity index (χ3v) is 3.93. The van der Waals surface area contributed by atoms with Crippen molar-refractivity contribution in [2.24, 2.45) is 5.73 Å². The Morgan fingerprint density at radius 2 is 2.00 bits per heavy atom. The minimum Gasteiger partial charge on any atom is -0.325 e. The maximum absolute atomic E-state index is 12.0. The topological polar surface area (TPSA) is 56.0 Å². The Labute approximate surface area is 112 Å². The predicted molar refractivity (Wildman–Crippen MR) is 75.8 cm³/mol. The van der Waals surface area contributed by atoms with Crippen molar-refractivity contribution in [2.45, 2.75) is 37.6 Å². The van der Waals surface area contributed by atoms with Gasteiger partial charge in [-0.1, -0.05) is 24.3 Å². The lowest BCUT2D eigenvalue weighted by atomic mass is 9.74. The Kier molecular flexibility index (Phi) is 3.07. The van der Waals surface area contributed by atoms with Crippen LogP contribution in [0.2, 0.25) is 0 Å². The van der Waals surface area contributed by atoms with E-state index in [1.165, 1.54) is 0 Å². The second kappa shape index (κ2) is 4.74. The Balaban J connectivity index is 1.72. The SMILES string of the molecule is NC1(CC(=O)Cc2ccc3ccccc3n2)CCC1. The molecule has 1 aliphatic carbocycles. The number of hydrogen-bond donors (Lipinski definition) is 1. The predicted octanol–water partition coefficient (Wildman–Crippen LogP) is 2.62. The number of benzene rings is 1. The molecule has 0 atom stereocenters. The van der Waals surface area contributed by atoms with Gasteiger partial charge in [-0.3, -0.25) is 9.78 Å². The fourth-order valence-corrected chi connectivity index (χ4v) is 2.67. The number of carbonyl (C=O) groups excluding carboxylic acids is 1. The zero-order valence-corrected chi connectivity index (χ0v) is 10.9. The van der Waals surface area contributed by atoms with Crippen molar-refractivity contribution in [1.29, 1.82) is 0 Å². The van der Waals surface area contributed by atoms with E-state index in [4.69, 9.17) is 5.73 Å². The van der Waals surface area contributed by atoms with E-state index in [1.807, 2.05) is 36.4 Å². The van der Waals surface area contributed by atoms with Crippen LogP contribution in [0.5, 0.6) is 0 Å². The summed E-state index contributed by atoms with van der Waals surface area (Å²) in [6, 6.07) is 11.9. The summed E-state index contributed by atoms with van der Waals surface area (Å²) in [6.45, 7) is 0. The fraction of sp³-hybridized carbons (Fsp3) is 0.375. The first-order valence-electron chi connectivity index (χ1n) is 6.80. The molecule has 3 rings (SSSR count). The highest BCUT2D eigenvalue weighted by molar-refractivity contribution is 5.83. The molecule has 3 nitrogen and oxygen atoms in total. The second-order valence-electron chi connectivity index (χ2n) is 5.60. The summed E-state index contributed by atoms with van der Waals surface area (Å²) in [5.74, 6) is 0.199. The molecule has 98 valence electrons. The van der Waals surface area contributed by atoms with Gasteiger partial charge in [-0.2, -0.15) is 0 Å². The molecule has 1 fully saturated rings. The first kappa shape index (κ1) is 12.3. The van der Waals surface area contributed by atoms with Crippen LogP contribution in [0.1, 0.15) is 31.4 Å². The molecule has 1 aromatic heterocycles. The molecule has 0 spiro atoms. The quantitative estimate of drug-likeness (QED) is 0.912. The zero-order valence-electron chi connectivity index (χ0n) is 10.9. The van der Waals surface area contributed by atoms with E-state index in [9.17, 15) is 4.79 Å². The van der Waals surface area contributed by atoms with E-state index >= 15 is 0 Å². The molecule has 2 aromatic rings. The highest BCUT2D eigenvalue weighted by Crippen LogP contribution is 2.32. The van der Waals surface area contributed by atoms with E-state index in [0.717, 1.165) is 35.9 Å². The molecule has 0 radical (unpaired) electrons. The van der Waals surface area contributed by atoms with Crippen molar-refractivity contribution >= 4 is 16.7 Å². The van der Waals surface area contributed by atoms with Gasteiger partial charge in [-0.25, -0.2) is 0 Å². The first-order chi connectivity index (χ1) is 9.15. The van der Waals surface area contributed by atoms with Crippen LogP contribution in [0, 0.1) is 0 Å². The molecule has 1 aliphatic rings. The number of nitrogens with zero attached hydrogens (tertiary/aromatic N) is 1. The lowest BCUT2D eigenvalue weighted by Crippen LogP contribution is -2.48. The van der Waals surface area contributed by atoms with Gasteiger partial charge >= 0.3 is 0 Å². The highest BCUT2D eigenvalue weighted by Gasteiger charge is 2.34. The van der Waals surface area contributed by atoms with Crippen LogP contribution in [-0.4, -0.2) is 16.3 Å². The maximum Gasteiger partial charge on any atom is 0.140 e. The van der Waals surface area contributed by atoms with Gasteiger partial charge in [0.2, 0.25) is 0 Å². The van der Waals surface area contributed by atoms with Crippen LogP contribution in [0.4, 0.5) is 0 Å². The van der Waals surface area contributed by atoms with Crippen LogP contribution in [0.25, 0.3) is 10.9 Å². The van der Waals surface area contributed by atoms with E-state index in [-0.39, 0.29) is 11.3 Å². The molecule has 0 saturated heterocycles. The van der Waals surface area contributed by atoms with Crippen molar-refractivity contribution in [3.8, 4) is 0 Å². The van der Waals surface area contributed by atoms with Gasteiger partial charge in [0.05, 0.1) is 5.52 Å². The van der Waals surface area contributed by atoms with Crippen molar-refractivity contribution < 1.29 is 4.79 Å². The van der Waals surface area contributed by atoms with E-state index in [0.29, 0.717) is 12.8 Å². The summed E-state index contributed by atoms with van der Waals surface area (Å²) in [4.78, 5) is 16.6. The molecule has 0 amide bonds. The summed E-state index contributed by atoms with van der Waals surface area (Å²) in [5, 5.41) is 1.10. The summed E-state index contributed by atoms with van der Waals surface area (Å²) in [5.41, 5.74) is 7.66. The van der Waals surface area contributed by atoms with Crippen molar-refractivity contribution in [1.82, 2.24) is 4.98 Å². The largest absolute Gasteiger partial charge is 0.325 e. The number of para-hydroxylation sites is 1. The zero-order chi connectivity index (χ0) is 13.3. The van der Waals surface area contributed by atoms with Gasteiger partial charge in [0, 0.05) is 29.5 Å². The Morgan fingerprint density at radius 1 is 1.21 bits per heavy atom. The minimum atomic E-state index is -0.228. The fourth-order valence-electron chi connectivity index (χ4n) is 2.67. The van der Waals surface area contributed by atoms with Gasteiger partial charge in [0.1, 0.15) is 5.78 Å². The summed E-state index contributed by atoms with van der Waals surface area (Å²) in [6.07, 6.45) is 3.98. The van der Waals surface area contributed by atoms with Gasteiger partial charge in [0.15, 0.2) is 0 Å². The van der Waals surface area contributed by atoms with E-state index in [2.05, 4.69) is 4.98 Å². The molecular weight excluding hydrogens is 236 g/mol. The van der Waals surface area contributed by atoms with Crippen LogP contribution < -0.4 is 5.73 Å². The lowest BCUT2D eigenvalue weighted by molar-refractivity contribution is -0.120. The average Bonchev–Trinajstić information content (AvgIpc) is 2.36.